The maximum Gasteiger partial charge on any atom is 0.00696 e. The van der Waals surface area contributed by atoms with Gasteiger partial charge in [0.15, 0.2) is 0 Å². The predicted molar refractivity (Wildman–Crippen MR) is 68.1 cm³/mol. The molecule has 1 fully saturated rings. The van der Waals surface area contributed by atoms with E-state index in [0.29, 0.717) is 6.04 Å². The van der Waals surface area contributed by atoms with Crippen LogP contribution in [-0.2, 0) is 0 Å². The molecule has 1 nitrogen and oxygen atoms in total. The molecule has 0 saturated heterocycles. The van der Waals surface area contributed by atoms with E-state index in [1.807, 2.05) is 6.08 Å². The molecule has 1 aliphatic rings. The van der Waals surface area contributed by atoms with Crippen molar-refractivity contribution < 1.29 is 0 Å². The molecule has 0 amide bonds. The molecule has 1 saturated carbocycles. The molecule has 0 aromatic carbocycles. The van der Waals surface area contributed by atoms with Crippen molar-refractivity contribution in [2.45, 2.75) is 70.9 Å². The third-order valence-electron chi connectivity index (χ3n) is 3.58. The van der Waals surface area contributed by atoms with Gasteiger partial charge < -0.3 is 5.32 Å². The van der Waals surface area contributed by atoms with Crippen LogP contribution >= 0.6 is 0 Å². The lowest BCUT2D eigenvalue weighted by atomic mass is 10.0. The van der Waals surface area contributed by atoms with Gasteiger partial charge in [0.2, 0.25) is 0 Å². The minimum Gasteiger partial charge on any atom is -0.311 e. The van der Waals surface area contributed by atoms with Crippen molar-refractivity contribution in [3.05, 3.63) is 12.7 Å². The highest BCUT2D eigenvalue weighted by Gasteiger charge is 2.17. The molecule has 0 bridgehead atoms. The average molecular weight is 209 g/mol. The summed E-state index contributed by atoms with van der Waals surface area (Å²) in [6.45, 7) is 8.47. The lowest BCUT2D eigenvalue weighted by molar-refractivity contribution is 0.391. The Labute approximate surface area is 95.3 Å². The molecule has 0 heterocycles. The van der Waals surface area contributed by atoms with Gasteiger partial charge in [-0.3, -0.25) is 0 Å². The highest BCUT2D eigenvalue weighted by molar-refractivity contribution is 4.78. The first-order valence-corrected chi connectivity index (χ1v) is 6.59. The molecular weight excluding hydrogens is 182 g/mol. The third kappa shape index (κ3) is 5.36. The summed E-state index contributed by atoms with van der Waals surface area (Å²) in [5, 5.41) is 3.77. The molecule has 0 aromatic rings. The van der Waals surface area contributed by atoms with Crippen LogP contribution in [0.4, 0.5) is 0 Å². The van der Waals surface area contributed by atoms with E-state index in [9.17, 15) is 0 Å². The smallest absolute Gasteiger partial charge is 0.00696 e. The summed E-state index contributed by atoms with van der Waals surface area (Å²) in [4.78, 5) is 0. The van der Waals surface area contributed by atoms with E-state index in [4.69, 9.17) is 0 Å². The Bertz CT molecular complexity index is 176. The van der Waals surface area contributed by atoms with Crippen molar-refractivity contribution in [3.63, 3.8) is 0 Å². The number of allylic oxidation sites excluding steroid dienone is 1. The minimum absolute atomic E-state index is 0.654. The first-order chi connectivity index (χ1) is 7.22. The van der Waals surface area contributed by atoms with Gasteiger partial charge in [0.1, 0.15) is 0 Å². The minimum atomic E-state index is 0.654. The summed E-state index contributed by atoms with van der Waals surface area (Å²) in [5.41, 5.74) is 0. The quantitative estimate of drug-likeness (QED) is 0.535. The van der Waals surface area contributed by atoms with Gasteiger partial charge in [0.05, 0.1) is 0 Å². The molecule has 88 valence electrons. The SMILES string of the molecule is C=CCCC(C)NC1CCCC(C)CC1. The van der Waals surface area contributed by atoms with E-state index < -0.39 is 0 Å². The summed E-state index contributed by atoms with van der Waals surface area (Å²) < 4.78 is 0. The zero-order chi connectivity index (χ0) is 11.1. The normalized spacial score (nSPS) is 29.5. The molecule has 1 aliphatic carbocycles. The number of rotatable bonds is 5. The van der Waals surface area contributed by atoms with Crippen LogP contribution in [0.5, 0.6) is 0 Å². The standard InChI is InChI=1S/C14H27N/c1-4-5-8-13(3)15-14-9-6-7-12(2)10-11-14/h4,12-15H,1,5-11H2,2-3H3. The Hall–Kier alpha value is -0.300. The molecule has 15 heavy (non-hydrogen) atoms. The van der Waals surface area contributed by atoms with E-state index in [1.165, 1.54) is 38.5 Å². The van der Waals surface area contributed by atoms with Gasteiger partial charge in [-0.05, 0) is 44.9 Å². The van der Waals surface area contributed by atoms with Crippen LogP contribution in [0.1, 0.15) is 58.8 Å². The molecular formula is C14H27N. The molecule has 0 aromatic heterocycles. The summed E-state index contributed by atoms with van der Waals surface area (Å²) in [7, 11) is 0. The molecule has 3 unspecified atom stereocenters. The van der Waals surface area contributed by atoms with Crippen molar-refractivity contribution in [2.24, 2.45) is 5.92 Å². The van der Waals surface area contributed by atoms with E-state index in [1.54, 1.807) is 0 Å². The second kappa shape index (κ2) is 7.05. The molecule has 0 spiro atoms. The van der Waals surface area contributed by atoms with Crippen LogP contribution < -0.4 is 5.32 Å². The van der Waals surface area contributed by atoms with Gasteiger partial charge in [-0.2, -0.15) is 0 Å². The molecule has 0 aliphatic heterocycles. The first kappa shape index (κ1) is 12.8. The van der Waals surface area contributed by atoms with E-state index in [0.717, 1.165) is 18.4 Å². The van der Waals surface area contributed by atoms with Gasteiger partial charge in [-0.15, -0.1) is 6.58 Å². The Morgan fingerprint density at radius 2 is 2.13 bits per heavy atom. The van der Waals surface area contributed by atoms with Crippen LogP contribution in [0.15, 0.2) is 12.7 Å². The van der Waals surface area contributed by atoms with E-state index >= 15 is 0 Å². The lowest BCUT2D eigenvalue weighted by Crippen LogP contribution is -2.36. The number of hydrogen-bond donors (Lipinski definition) is 1. The monoisotopic (exact) mass is 209 g/mol. The third-order valence-corrected chi connectivity index (χ3v) is 3.58. The van der Waals surface area contributed by atoms with Crippen molar-refractivity contribution in [2.75, 3.05) is 0 Å². The highest BCUT2D eigenvalue weighted by Crippen LogP contribution is 2.23. The average Bonchev–Trinajstić information content (AvgIpc) is 2.41. The summed E-state index contributed by atoms with van der Waals surface area (Å²) in [6.07, 6.45) is 11.4. The van der Waals surface area contributed by atoms with Crippen LogP contribution in [0.25, 0.3) is 0 Å². The zero-order valence-electron chi connectivity index (χ0n) is 10.5. The predicted octanol–water partition coefficient (Wildman–Crippen LogP) is 3.90. The summed E-state index contributed by atoms with van der Waals surface area (Å²) in [6, 6.07) is 1.43. The van der Waals surface area contributed by atoms with Crippen molar-refractivity contribution >= 4 is 0 Å². The second-order valence-corrected chi connectivity index (χ2v) is 5.24. The summed E-state index contributed by atoms with van der Waals surface area (Å²) in [5.74, 6) is 0.945. The van der Waals surface area contributed by atoms with Crippen LogP contribution in [0.2, 0.25) is 0 Å². The van der Waals surface area contributed by atoms with Crippen molar-refractivity contribution in [3.8, 4) is 0 Å². The van der Waals surface area contributed by atoms with Gasteiger partial charge in [0, 0.05) is 12.1 Å². The fraction of sp³-hybridized carbons (Fsp3) is 0.857. The Morgan fingerprint density at radius 3 is 2.87 bits per heavy atom. The maximum atomic E-state index is 3.78. The van der Waals surface area contributed by atoms with Gasteiger partial charge in [-0.25, -0.2) is 0 Å². The maximum absolute atomic E-state index is 3.78. The Balaban J connectivity index is 2.21. The molecule has 1 heteroatoms. The molecule has 0 radical (unpaired) electrons. The second-order valence-electron chi connectivity index (χ2n) is 5.24. The fourth-order valence-corrected chi connectivity index (χ4v) is 2.51. The zero-order valence-corrected chi connectivity index (χ0v) is 10.5. The molecule has 1 rings (SSSR count). The topological polar surface area (TPSA) is 12.0 Å². The molecule has 3 atom stereocenters. The van der Waals surface area contributed by atoms with Crippen LogP contribution in [-0.4, -0.2) is 12.1 Å². The van der Waals surface area contributed by atoms with Crippen molar-refractivity contribution in [1.29, 1.82) is 0 Å². The number of nitrogens with one attached hydrogen (secondary N) is 1. The van der Waals surface area contributed by atoms with Gasteiger partial charge in [-0.1, -0.05) is 25.8 Å². The summed E-state index contributed by atoms with van der Waals surface area (Å²) >= 11 is 0. The van der Waals surface area contributed by atoms with Crippen LogP contribution in [0, 0.1) is 5.92 Å². The Morgan fingerprint density at radius 1 is 1.33 bits per heavy atom. The van der Waals surface area contributed by atoms with Gasteiger partial charge >= 0.3 is 0 Å². The highest BCUT2D eigenvalue weighted by atomic mass is 14.9. The van der Waals surface area contributed by atoms with E-state index in [-0.39, 0.29) is 0 Å². The largest absolute Gasteiger partial charge is 0.311 e. The van der Waals surface area contributed by atoms with E-state index in [2.05, 4.69) is 25.7 Å². The fourth-order valence-electron chi connectivity index (χ4n) is 2.51. The lowest BCUT2D eigenvalue weighted by Gasteiger charge is -2.21. The Kier molecular flexibility index (Phi) is 6.00. The van der Waals surface area contributed by atoms with Gasteiger partial charge in [0.25, 0.3) is 0 Å². The van der Waals surface area contributed by atoms with Crippen molar-refractivity contribution in [1.82, 2.24) is 5.32 Å². The van der Waals surface area contributed by atoms with Crippen LogP contribution in [0.3, 0.4) is 0 Å². The first-order valence-electron chi connectivity index (χ1n) is 6.59. The number of hydrogen-bond acceptors (Lipinski definition) is 1. The molecule has 1 N–H and O–H groups in total.